The molecular weight excluding hydrogens is 107 g/mol. The summed E-state index contributed by atoms with van der Waals surface area (Å²) >= 11 is 0. The molecule has 0 amide bonds. The Hall–Kier alpha value is -0.175. The minimum absolute atomic E-state index is 0. The van der Waals surface area contributed by atoms with E-state index in [0.29, 0.717) is 0 Å². The van der Waals surface area contributed by atoms with E-state index in [1.165, 1.54) is 0 Å². The molecule has 0 aliphatic heterocycles. The van der Waals surface area contributed by atoms with Crippen molar-refractivity contribution < 1.29 is 31.5 Å². The van der Waals surface area contributed by atoms with E-state index in [1.807, 2.05) is 0 Å². The van der Waals surface area contributed by atoms with E-state index in [2.05, 4.69) is 0 Å². The third-order valence-corrected chi connectivity index (χ3v) is 0. The number of hydrogen-bond donors (Lipinski definition) is 3. The average molecular weight is 116 g/mol. The highest BCUT2D eigenvalue weighted by Crippen LogP contribution is 1.40. The van der Waals surface area contributed by atoms with Crippen LogP contribution >= 0.6 is 0 Å². The van der Waals surface area contributed by atoms with Gasteiger partial charge in [0.05, 0.1) is 0 Å². The first-order chi connectivity index (χ1) is 1.73. The molecule has 0 aliphatic rings. The summed E-state index contributed by atoms with van der Waals surface area (Å²) in [5, 5.41) is 21.5. The van der Waals surface area contributed by atoms with Gasteiger partial charge in [0.25, 0.3) is 0 Å². The van der Waals surface area contributed by atoms with Crippen LogP contribution in [0.15, 0.2) is 0 Å². The molecule has 0 aliphatic carbocycles. The van der Waals surface area contributed by atoms with Crippen molar-refractivity contribution in [3.8, 4) is 0 Å². The summed E-state index contributed by atoms with van der Waals surface area (Å²) in [7, 11) is -2.17. The van der Waals surface area contributed by atoms with Gasteiger partial charge in [0.15, 0.2) is 0 Å². The van der Waals surface area contributed by atoms with E-state index in [-0.39, 0.29) is 16.4 Å². The van der Waals surface area contributed by atoms with Gasteiger partial charge >= 0.3 is 7.32 Å². The summed E-state index contributed by atoms with van der Waals surface area (Å²) in [6.45, 7) is 0. The van der Waals surface area contributed by atoms with Gasteiger partial charge < -0.3 is 31.5 Å². The zero-order valence-corrected chi connectivity index (χ0v) is 3.42. The van der Waals surface area contributed by atoms with Crippen molar-refractivity contribution >= 4 is 7.32 Å². The molecule has 48 valence electrons. The quantitative estimate of drug-likeness (QED) is 0.273. The highest BCUT2D eigenvalue weighted by atomic mass is 16.5. The van der Waals surface area contributed by atoms with Crippen molar-refractivity contribution in [3.63, 3.8) is 0 Å². The van der Waals surface area contributed by atoms with Gasteiger partial charge in [-0.1, -0.05) is 0 Å². The summed E-state index contributed by atoms with van der Waals surface area (Å²) in [6, 6.07) is 0. The average Bonchev–Trinajstić information content (AvgIpc) is 0.811. The Morgan fingerprint density at radius 2 is 0.714 bits per heavy atom. The molecule has 0 bridgehead atoms. The Morgan fingerprint density at radius 1 is 0.714 bits per heavy atom. The maximum absolute atomic E-state index is 7.17. The zero-order chi connectivity index (χ0) is 3.58. The maximum atomic E-state index is 7.17. The lowest BCUT2D eigenvalue weighted by molar-refractivity contribution is 0.278. The Labute approximate surface area is 40.1 Å². The normalized spacial score (nSPS) is 3.86. The highest BCUT2D eigenvalue weighted by Gasteiger charge is 1.92. The fraction of sp³-hybridized carbons (Fsp3) is 0. The molecule has 0 spiro atoms. The molecule has 6 nitrogen and oxygen atoms in total. The topological polar surface area (TPSA) is 155 Å². The van der Waals surface area contributed by atoms with Gasteiger partial charge in [-0.05, 0) is 0 Å². The van der Waals surface area contributed by atoms with Crippen molar-refractivity contribution in [1.82, 2.24) is 0 Å². The summed E-state index contributed by atoms with van der Waals surface area (Å²) in [6.07, 6.45) is 0. The van der Waals surface area contributed by atoms with Crippen molar-refractivity contribution in [1.29, 1.82) is 0 Å². The first-order valence-electron chi connectivity index (χ1n) is 0.775. The predicted molar refractivity (Wildman–Crippen MR) is 23.3 cm³/mol. The monoisotopic (exact) mass is 116 g/mol. The van der Waals surface area contributed by atoms with Crippen LogP contribution in [-0.2, 0) is 0 Å². The van der Waals surface area contributed by atoms with Gasteiger partial charge in [-0.3, -0.25) is 0 Å². The fourth-order valence-corrected chi connectivity index (χ4v) is 0. The second kappa shape index (κ2) is 17.0. The molecule has 0 atom stereocenters. The Balaban J connectivity index is -0.0000000150. The molecule has 0 radical (unpaired) electrons. The molecule has 0 heterocycles. The van der Waals surface area contributed by atoms with Crippen LogP contribution in [0, 0.1) is 0 Å². The maximum Gasteiger partial charge on any atom is 0.631 e. The number of rotatable bonds is 0. The Bertz CT molecular complexity index is 8.90. The molecule has 0 aromatic rings. The highest BCUT2D eigenvalue weighted by molar-refractivity contribution is 6.30. The van der Waals surface area contributed by atoms with E-state index < -0.39 is 7.32 Å². The molecule has 0 aromatic heterocycles. The molecule has 0 unspecified atom stereocenters. The van der Waals surface area contributed by atoms with E-state index in [0.717, 1.165) is 0 Å². The van der Waals surface area contributed by atoms with E-state index in [9.17, 15) is 0 Å². The third-order valence-electron chi connectivity index (χ3n) is 0. The number of hydrogen-bond acceptors (Lipinski definition) is 3. The molecule has 0 aromatic carbocycles. The first-order valence-corrected chi connectivity index (χ1v) is 0.775. The minimum atomic E-state index is -2.17. The van der Waals surface area contributed by atoms with E-state index >= 15 is 0 Å². The molecule has 0 saturated heterocycles. The fourth-order valence-electron chi connectivity index (χ4n) is 0. The lowest BCUT2D eigenvalue weighted by Crippen LogP contribution is -2.07. The Morgan fingerprint density at radius 3 is 0.714 bits per heavy atom. The van der Waals surface area contributed by atoms with Gasteiger partial charge in [0.2, 0.25) is 0 Å². The van der Waals surface area contributed by atoms with Gasteiger partial charge in [-0.15, -0.1) is 0 Å². The molecule has 9 N–H and O–H groups in total. The SMILES string of the molecule is O.O.O.OB(O)O. The van der Waals surface area contributed by atoms with E-state index in [4.69, 9.17) is 15.1 Å². The minimum Gasteiger partial charge on any atom is -0.412 e. The van der Waals surface area contributed by atoms with Gasteiger partial charge in [-0.2, -0.15) is 0 Å². The summed E-state index contributed by atoms with van der Waals surface area (Å²) < 4.78 is 0. The second-order valence-electron chi connectivity index (χ2n) is 0.346. The largest absolute Gasteiger partial charge is 0.631 e. The second-order valence-corrected chi connectivity index (χ2v) is 0.346. The van der Waals surface area contributed by atoms with Crippen LogP contribution in [0.25, 0.3) is 0 Å². The van der Waals surface area contributed by atoms with Gasteiger partial charge in [-0.25, -0.2) is 0 Å². The summed E-state index contributed by atoms with van der Waals surface area (Å²) in [4.78, 5) is 0. The first kappa shape index (κ1) is 29.0. The standard InChI is InChI=1S/BH3O3.3H2O/c2-1(3)4;;;/h2-4H;3*1H2. The molecule has 0 fully saturated rings. The van der Waals surface area contributed by atoms with Gasteiger partial charge in [0.1, 0.15) is 0 Å². The van der Waals surface area contributed by atoms with Crippen LogP contribution in [0.2, 0.25) is 0 Å². The van der Waals surface area contributed by atoms with Crippen LogP contribution in [-0.4, -0.2) is 38.8 Å². The van der Waals surface area contributed by atoms with Crippen LogP contribution < -0.4 is 0 Å². The van der Waals surface area contributed by atoms with E-state index in [1.54, 1.807) is 0 Å². The molecule has 0 rings (SSSR count). The van der Waals surface area contributed by atoms with Crippen molar-refractivity contribution in [3.05, 3.63) is 0 Å². The molecular formula is H9BO6. The third kappa shape index (κ3) is 2780. The predicted octanol–water partition coefficient (Wildman–Crippen LogP) is -4.53. The van der Waals surface area contributed by atoms with Crippen molar-refractivity contribution in [2.45, 2.75) is 0 Å². The van der Waals surface area contributed by atoms with Gasteiger partial charge in [0, 0.05) is 0 Å². The van der Waals surface area contributed by atoms with Crippen LogP contribution in [0.4, 0.5) is 0 Å². The lowest BCUT2D eigenvalue weighted by atomic mass is 10.3. The molecule has 7 heteroatoms. The van der Waals surface area contributed by atoms with Crippen LogP contribution in [0.1, 0.15) is 0 Å². The smallest absolute Gasteiger partial charge is 0.412 e. The van der Waals surface area contributed by atoms with Crippen LogP contribution in [0.5, 0.6) is 0 Å². The van der Waals surface area contributed by atoms with Crippen LogP contribution in [0.3, 0.4) is 0 Å². The van der Waals surface area contributed by atoms with Crippen molar-refractivity contribution in [2.24, 2.45) is 0 Å². The molecule has 0 saturated carbocycles. The summed E-state index contributed by atoms with van der Waals surface area (Å²) in [5.74, 6) is 0. The molecule has 7 heavy (non-hydrogen) atoms. The lowest BCUT2D eigenvalue weighted by Gasteiger charge is -1.69. The van der Waals surface area contributed by atoms with Crippen molar-refractivity contribution in [2.75, 3.05) is 0 Å². The summed E-state index contributed by atoms with van der Waals surface area (Å²) in [5.41, 5.74) is 0. The Kier molecular flexibility index (Phi) is 70.4. The zero-order valence-electron chi connectivity index (χ0n) is 3.42.